The van der Waals surface area contributed by atoms with Crippen molar-refractivity contribution in [3.63, 3.8) is 0 Å². The summed E-state index contributed by atoms with van der Waals surface area (Å²) in [6.45, 7) is 4.30. The molecule has 4 heteroatoms. The van der Waals surface area contributed by atoms with Gasteiger partial charge in [0.2, 0.25) is 0 Å². The molecule has 15 heavy (non-hydrogen) atoms. The van der Waals surface area contributed by atoms with Crippen LogP contribution < -0.4 is 5.73 Å². The van der Waals surface area contributed by atoms with Crippen LogP contribution >= 0.6 is 0 Å². The Hall–Kier alpha value is -0.190. The normalized spacial score (nSPS) is 32.0. The Balaban J connectivity index is 1.74. The summed E-state index contributed by atoms with van der Waals surface area (Å²) in [6.07, 6.45) is 3.74. The van der Waals surface area contributed by atoms with Crippen molar-refractivity contribution in [3.05, 3.63) is 0 Å². The molecule has 2 fully saturated rings. The molecule has 2 rings (SSSR count). The first-order valence-corrected chi connectivity index (χ1v) is 6.12. The van der Waals surface area contributed by atoms with Gasteiger partial charge >= 0.3 is 0 Å². The average Bonchev–Trinajstić information content (AvgIpc) is 2.70. The second-order valence-corrected chi connectivity index (χ2v) is 4.84. The Morgan fingerprint density at radius 3 is 2.60 bits per heavy atom. The Kier molecular flexibility index (Phi) is 3.94. The van der Waals surface area contributed by atoms with Gasteiger partial charge in [0.25, 0.3) is 0 Å². The average molecular weight is 215 g/mol. The summed E-state index contributed by atoms with van der Waals surface area (Å²) in [4.78, 5) is 4.14. The monoisotopic (exact) mass is 215 g/mol. The molecule has 0 aromatic heterocycles. The van der Waals surface area contributed by atoms with Gasteiger partial charge < -0.3 is 5.73 Å². The zero-order chi connectivity index (χ0) is 10.7. The van der Waals surface area contributed by atoms with Crippen LogP contribution in [0, 0.1) is 0 Å². The van der Waals surface area contributed by atoms with E-state index < -0.39 is 6.30 Å². The highest BCUT2D eigenvalue weighted by Crippen LogP contribution is 2.15. The number of nitrogens with two attached hydrogens (primary N) is 1. The molecule has 2 atom stereocenters. The predicted molar refractivity (Wildman–Crippen MR) is 59.4 cm³/mol. The van der Waals surface area contributed by atoms with Gasteiger partial charge in [0.05, 0.1) is 0 Å². The van der Waals surface area contributed by atoms with Crippen LogP contribution in [0.1, 0.15) is 25.7 Å². The van der Waals surface area contributed by atoms with Gasteiger partial charge in [-0.05, 0) is 32.2 Å². The first kappa shape index (κ1) is 11.3. The highest BCUT2D eigenvalue weighted by molar-refractivity contribution is 4.78. The highest BCUT2D eigenvalue weighted by Gasteiger charge is 2.25. The summed E-state index contributed by atoms with van der Waals surface area (Å²) in [7, 11) is 0. The van der Waals surface area contributed by atoms with E-state index in [0.717, 1.165) is 51.9 Å². The molecule has 2 saturated heterocycles. The van der Waals surface area contributed by atoms with Crippen LogP contribution in [0.15, 0.2) is 0 Å². The van der Waals surface area contributed by atoms with E-state index in [4.69, 9.17) is 5.73 Å². The molecule has 0 aromatic carbocycles. The maximum Gasteiger partial charge on any atom is 0.166 e. The molecular weight excluding hydrogens is 193 g/mol. The Bertz CT molecular complexity index is 194. The van der Waals surface area contributed by atoms with Crippen molar-refractivity contribution in [1.29, 1.82) is 0 Å². The van der Waals surface area contributed by atoms with Gasteiger partial charge in [-0.1, -0.05) is 0 Å². The molecule has 0 bridgehead atoms. The molecule has 0 spiro atoms. The van der Waals surface area contributed by atoms with Gasteiger partial charge in [0, 0.05) is 32.2 Å². The van der Waals surface area contributed by atoms with Gasteiger partial charge in [-0.25, -0.2) is 4.39 Å². The molecule has 0 saturated carbocycles. The molecule has 2 heterocycles. The third-order valence-corrected chi connectivity index (χ3v) is 3.49. The third kappa shape index (κ3) is 3.13. The Morgan fingerprint density at radius 1 is 1.20 bits per heavy atom. The van der Waals surface area contributed by atoms with Crippen LogP contribution in [-0.2, 0) is 0 Å². The number of alkyl halides is 1. The Labute approximate surface area is 91.4 Å². The molecule has 0 radical (unpaired) electrons. The smallest absolute Gasteiger partial charge is 0.166 e. The lowest BCUT2D eigenvalue weighted by Crippen LogP contribution is -2.47. The lowest BCUT2D eigenvalue weighted by Gasteiger charge is -2.33. The summed E-state index contributed by atoms with van der Waals surface area (Å²) in [5.74, 6) is 0. The number of nitrogens with zero attached hydrogens (tertiary/aromatic N) is 2. The van der Waals surface area contributed by atoms with Crippen LogP contribution in [-0.4, -0.2) is 54.9 Å². The van der Waals surface area contributed by atoms with Crippen molar-refractivity contribution in [2.45, 2.75) is 38.0 Å². The van der Waals surface area contributed by atoms with Crippen molar-refractivity contribution in [3.8, 4) is 0 Å². The molecular formula is C11H22FN3. The minimum absolute atomic E-state index is 0.254. The van der Waals surface area contributed by atoms with Crippen molar-refractivity contribution in [2.75, 3.05) is 32.7 Å². The number of likely N-dealkylation sites (tertiary alicyclic amines) is 2. The van der Waals surface area contributed by atoms with E-state index in [0.29, 0.717) is 6.54 Å². The van der Waals surface area contributed by atoms with E-state index in [1.54, 1.807) is 0 Å². The van der Waals surface area contributed by atoms with Crippen LogP contribution in [0.3, 0.4) is 0 Å². The van der Waals surface area contributed by atoms with E-state index >= 15 is 0 Å². The van der Waals surface area contributed by atoms with Crippen LogP contribution in [0.25, 0.3) is 0 Å². The van der Waals surface area contributed by atoms with Crippen molar-refractivity contribution in [1.82, 2.24) is 9.80 Å². The second kappa shape index (κ2) is 5.23. The van der Waals surface area contributed by atoms with Crippen molar-refractivity contribution in [2.24, 2.45) is 5.73 Å². The largest absolute Gasteiger partial charge is 0.327 e. The minimum atomic E-state index is -0.780. The quantitative estimate of drug-likeness (QED) is 0.707. The molecule has 0 aliphatic carbocycles. The van der Waals surface area contributed by atoms with Gasteiger partial charge in [0.15, 0.2) is 6.30 Å². The number of piperidine rings is 1. The SMILES string of the molecule is NC1CCCN(CC(F)N2CCCC2)C1. The lowest BCUT2D eigenvalue weighted by molar-refractivity contribution is 0.0540. The number of rotatable bonds is 3. The summed E-state index contributed by atoms with van der Waals surface area (Å²) < 4.78 is 13.9. The van der Waals surface area contributed by atoms with Gasteiger partial charge in [0.1, 0.15) is 0 Å². The lowest BCUT2D eigenvalue weighted by atomic mass is 10.1. The maximum absolute atomic E-state index is 13.9. The first-order chi connectivity index (χ1) is 7.25. The minimum Gasteiger partial charge on any atom is -0.327 e. The van der Waals surface area contributed by atoms with Crippen molar-refractivity contribution >= 4 is 0 Å². The van der Waals surface area contributed by atoms with Gasteiger partial charge in [-0.15, -0.1) is 0 Å². The molecule has 2 aliphatic rings. The molecule has 0 amide bonds. The fourth-order valence-electron chi connectivity index (χ4n) is 2.61. The number of hydrogen-bond donors (Lipinski definition) is 1. The molecule has 3 nitrogen and oxygen atoms in total. The standard InChI is InChI=1S/C11H22FN3/c12-11(15-6-1-2-7-15)9-14-5-3-4-10(13)8-14/h10-11H,1-9,13H2. The second-order valence-electron chi connectivity index (χ2n) is 4.84. The van der Waals surface area contributed by atoms with E-state index in [-0.39, 0.29) is 6.04 Å². The predicted octanol–water partition coefficient (Wildman–Crippen LogP) is 0.801. The highest BCUT2D eigenvalue weighted by atomic mass is 19.1. The Morgan fingerprint density at radius 2 is 1.93 bits per heavy atom. The van der Waals surface area contributed by atoms with E-state index in [9.17, 15) is 4.39 Å². The van der Waals surface area contributed by atoms with Crippen LogP contribution in [0.5, 0.6) is 0 Å². The van der Waals surface area contributed by atoms with E-state index in [1.807, 2.05) is 4.90 Å². The van der Waals surface area contributed by atoms with Gasteiger partial charge in [-0.2, -0.15) is 0 Å². The molecule has 2 N–H and O–H groups in total. The fourth-order valence-corrected chi connectivity index (χ4v) is 2.61. The summed E-state index contributed by atoms with van der Waals surface area (Å²) in [5, 5.41) is 0. The fraction of sp³-hybridized carbons (Fsp3) is 1.00. The zero-order valence-corrected chi connectivity index (χ0v) is 9.37. The van der Waals surface area contributed by atoms with E-state index in [1.165, 1.54) is 0 Å². The summed E-state index contributed by atoms with van der Waals surface area (Å²) in [5.41, 5.74) is 5.88. The maximum atomic E-state index is 13.9. The number of hydrogen-bond acceptors (Lipinski definition) is 3. The zero-order valence-electron chi connectivity index (χ0n) is 9.37. The number of halogens is 1. The molecule has 88 valence electrons. The van der Waals surface area contributed by atoms with Crippen molar-refractivity contribution < 1.29 is 4.39 Å². The summed E-state index contributed by atoms with van der Waals surface area (Å²) in [6, 6.07) is 0.254. The third-order valence-electron chi connectivity index (χ3n) is 3.49. The van der Waals surface area contributed by atoms with Crippen LogP contribution in [0.2, 0.25) is 0 Å². The van der Waals surface area contributed by atoms with Gasteiger partial charge in [-0.3, -0.25) is 9.80 Å². The topological polar surface area (TPSA) is 32.5 Å². The molecule has 2 aliphatic heterocycles. The summed E-state index contributed by atoms with van der Waals surface area (Å²) >= 11 is 0. The molecule has 0 aromatic rings. The van der Waals surface area contributed by atoms with Crippen LogP contribution in [0.4, 0.5) is 4.39 Å². The molecule has 2 unspecified atom stereocenters. The first-order valence-electron chi connectivity index (χ1n) is 6.12. The van der Waals surface area contributed by atoms with E-state index in [2.05, 4.69) is 4.90 Å².